The maximum atomic E-state index is 14.0. The average molecular weight is 551 g/mol. The Morgan fingerprint density at radius 3 is 2.54 bits per heavy atom. The summed E-state index contributed by atoms with van der Waals surface area (Å²) in [5.74, 6) is 0.754. The molecule has 1 aliphatic rings. The van der Waals surface area contributed by atoms with E-state index in [0.717, 1.165) is 0 Å². The zero-order valence-electron chi connectivity index (χ0n) is 22.4. The molecule has 1 atom stereocenters. The molecule has 1 aromatic heterocycles. The Morgan fingerprint density at radius 1 is 1.15 bits per heavy atom. The van der Waals surface area contributed by atoms with Gasteiger partial charge in [-0.3, -0.25) is 9.36 Å². The van der Waals surface area contributed by atoms with Crippen molar-refractivity contribution in [3.05, 3.63) is 90.6 Å². The number of hydrogen-bond donors (Lipinski definition) is 1. The van der Waals surface area contributed by atoms with Gasteiger partial charge < -0.3 is 24.1 Å². The van der Waals surface area contributed by atoms with E-state index in [9.17, 15) is 14.7 Å². The summed E-state index contributed by atoms with van der Waals surface area (Å²) >= 11 is 1.19. The highest BCUT2D eigenvalue weighted by molar-refractivity contribution is 7.07. The summed E-state index contributed by atoms with van der Waals surface area (Å²) in [6.45, 7) is 7.34. The molecule has 3 aromatic rings. The Balaban J connectivity index is 2.01. The molecule has 39 heavy (non-hydrogen) atoms. The van der Waals surface area contributed by atoms with Crippen molar-refractivity contribution in [1.29, 1.82) is 0 Å². The monoisotopic (exact) mass is 550 g/mol. The molecule has 4 rings (SSSR count). The van der Waals surface area contributed by atoms with Gasteiger partial charge in [-0.15, -0.1) is 6.58 Å². The number of rotatable bonds is 9. The molecule has 0 spiro atoms. The average Bonchev–Trinajstić information content (AvgIpc) is 3.23. The Kier molecular flexibility index (Phi) is 8.25. The van der Waals surface area contributed by atoms with E-state index in [2.05, 4.69) is 11.6 Å². The molecule has 1 aliphatic heterocycles. The number of hydrogen-bond acceptors (Lipinski definition) is 9. The van der Waals surface area contributed by atoms with E-state index < -0.39 is 12.0 Å². The predicted molar refractivity (Wildman–Crippen MR) is 149 cm³/mol. The Hall–Kier alpha value is -4.31. The molecule has 0 radical (unpaired) electrons. The molecule has 2 aromatic carbocycles. The van der Waals surface area contributed by atoms with Crippen LogP contribution in [0.4, 0.5) is 0 Å². The first-order valence-corrected chi connectivity index (χ1v) is 13.0. The molecule has 0 amide bonds. The third-order valence-electron chi connectivity index (χ3n) is 6.31. The standard InChI is InChI=1S/C29H30N2O7S/c1-7-9-18-12-17(13-22(37-6)26(18)32)14-23-27(33)31-25(20-15-19(35-4)10-11-21(20)36-5)24(28(34)38-8-2)16(3)30-29(31)39-23/h7,10-15,25,32H,1,8-9H2,2-6H3/b23-14+/t25-/m0/s1. The van der Waals surface area contributed by atoms with Crippen molar-refractivity contribution < 1.29 is 28.8 Å². The number of aromatic nitrogens is 1. The minimum atomic E-state index is -0.863. The second-order valence-corrected chi connectivity index (χ2v) is 9.64. The van der Waals surface area contributed by atoms with E-state index in [1.165, 1.54) is 37.2 Å². The van der Waals surface area contributed by atoms with Crippen LogP contribution in [0, 0.1) is 0 Å². The van der Waals surface area contributed by atoms with Crippen LogP contribution in [0.2, 0.25) is 0 Å². The van der Waals surface area contributed by atoms with Gasteiger partial charge in [0.1, 0.15) is 17.5 Å². The van der Waals surface area contributed by atoms with Gasteiger partial charge in [-0.05, 0) is 62.2 Å². The molecule has 1 N–H and O–H groups in total. The van der Waals surface area contributed by atoms with Crippen molar-refractivity contribution >= 4 is 23.4 Å². The van der Waals surface area contributed by atoms with Gasteiger partial charge in [-0.1, -0.05) is 17.4 Å². The van der Waals surface area contributed by atoms with Crippen LogP contribution in [-0.2, 0) is 16.0 Å². The molecule has 0 saturated heterocycles. The van der Waals surface area contributed by atoms with Gasteiger partial charge in [0.05, 0.1) is 43.7 Å². The number of aromatic hydroxyl groups is 1. The van der Waals surface area contributed by atoms with Crippen LogP contribution in [0.5, 0.6) is 23.0 Å². The van der Waals surface area contributed by atoms with Crippen LogP contribution in [0.15, 0.2) is 64.0 Å². The number of phenolic OH excluding ortho intramolecular Hbond substituents is 1. The smallest absolute Gasteiger partial charge is 0.338 e. The first-order valence-electron chi connectivity index (χ1n) is 12.2. The Labute approximate surface area is 229 Å². The fourth-order valence-corrected chi connectivity index (χ4v) is 5.58. The van der Waals surface area contributed by atoms with E-state index in [0.29, 0.717) is 49.6 Å². The molecule has 0 aliphatic carbocycles. The number of fused-ring (bicyclic) bond motifs is 1. The molecular weight excluding hydrogens is 520 g/mol. The first-order chi connectivity index (χ1) is 18.8. The number of benzene rings is 2. The van der Waals surface area contributed by atoms with E-state index in [-0.39, 0.29) is 29.2 Å². The van der Waals surface area contributed by atoms with E-state index in [4.69, 9.17) is 18.9 Å². The summed E-state index contributed by atoms with van der Waals surface area (Å²) in [6.07, 6.45) is 3.80. The van der Waals surface area contributed by atoms with Crippen molar-refractivity contribution in [2.75, 3.05) is 27.9 Å². The fourth-order valence-electron chi connectivity index (χ4n) is 4.53. The second-order valence-electron chi connectivity index (χ2n) is 8.63. The topological polar surface area (TPSA) is 109 Å². The number of phenols is 1. The van der Waals surface area contributed by atoms with E-state index in [1.54, 1.807) is 56.3 Å². The predicted octanol–water partition coefficient (Wildman–Crippen LogP) is 3.26. The normalized spacial score (nSPS) is 14.9. The van der Waals surface area contributed by atoms with Crippen LogP contribution < -0.4 is 29.1 Å². The van der Waals surface area contributed by atoms with Gasteiger partial charge in [0.15, 0.2) is 16.3 Å². The third-order valence-corrected chi connectivity index (χ3v) is 7.29. The quantitative estimate of drug-likeness (QED) is 0.322. The first kappa shape index (κ1) is 27.7. The number of thiazole rings is 1. The number of nitrogens with zero attached hydrogens (tertiary/aromatic N) is 2. The lowest BCUT2D eigenvalue weighted by Gasteiger charge is -2.26. The highest BCUT2D eigenvalue weighted by Crippen LogP contribution is 2.38. The van der Waals surface area contributed by atoms with Crippen LogP contribution in [0.1, 0.15) is 36.6 Å². The van der Waals surface area contributed by atoms with Gasteiger partial charge in [0.25, 0.3) is 5.56 Å². The van der Waals surface area contributed by atoms with Crippen LogP contribution in [-0.4, -0.2) is 43.6 Å². The molecular formula is C29H30N2O7S. The van der Waals surface area contributed by atoms with Crippen molar-refractivity contribution in [3.8, 4) is 23.0 Å². The third kappa shape index (κ3) is 5.20. The molecule has 9 nitrogen and oxygen atoms in total. The number of ether oxygens (including phenoxy) is 4. The van der Waals surface area contributed by atoms with E-state index in [1.807, 2.05) is 0 Å². The lowest BCUT2D eigenvalue weighted by atomic mass is 9.94. The number of esters is 1. The summed E-state index contributed by atoms with van der Waals surface area (Å²) in [5, 5.41) is 10.5. The SMILES string of the molecule is C=CCc1cc(/C=c2/sc3n(c2=O)[C@@H](c2cc(OC)ccc2OC)C(C(=O)OCC)=C(C)N=3)cc(OC)c1O. The Morgan fingerprint density at radius 2 is 1.90 bits per heavy atom. The summed E-state index contributed by atoms with van der Waals surface area (Å²) in [7, 11) is 4.53. The maximum absolute atomic E-state index is 14.0. The molecule has 0 saturated carbocycles. The summed E-state index contributed by atoms with van der Waals surface area (Å²) in [5.41, 5.74) is 2.16. The van der Waals surface area contributed by atoms with Gasteiger partial charge >= 0.3 is 5.97 Å². The number of carbonyl (C=O) groups is 1. The molecule has 204 valence electrons. The summed E-state index contributed by atoms with van der Waals surface area (Å²) in [6, 6.07) is 7.77. The molecule has 10 heteroatoms. The highest BCUT2D eigenvalue weighted by Gasteiger charge is 2.35. The molecule has 2 heterocycles. The minimum absolute atomic E-state index is 0.0239. The fraction of sp³-hybridized carbons (Fsp3) is 0.276. The molecule has 0 bridgehead atoms. The van der Waals surface area contributed by atoms with Crippen molar-refractivity contribution in [3.63, 3.8) is 0 Å². The van der Waals surface area contributed by atoms with Gasteiger partial charge in [-0.2, -0.15) is 0 Å². The van der Waals surface area contributed by atoms with Crippen molar-refractivity contribution in [2.24, 2.45) is 4.99 Å². The number of methoxy groups -OCH3 is 3. The summed E-state index contributed by atoms with van der Waals surface area (Å²) < 4.78 is 23.6. The van der Waals surface area contributed by atoms with Gasteiger partial charge in [0.2, 0.25) is 0 Å². The Bertz CT molecular complexity index is 1650. The highest BCUT2D eigenvalue weighted by atomic mass is 32.1. The van der Waals surface area contributed by atoms with E-state index >= 15 is 0 Å². The summed E-state index contributed by atoms with van der Waals surface area (Å²) in [4.78, 5) is 32.2. The van der Waals surface area contributed by atoms with Crippen molar-refractivity contribution in [2.45, 2.75) is 26.3 Å². The zero-order valence-corrected chi connectivity index (χ0v) is 23.3. The number of allylic oxidation sites excluding steroid dienone is 2. The lowest BCUT2D eigenvalue weighted by molar-refractivity contribution is -0.139. The van der Waals surface area contributed by atoms with Crippen LogP contribution in [0.25, 0.3) is 6.08 Å². The van der Waals surface area contributed by atoms with Gasteiger partial charge in [0, 0.05) is 11.1 Å². The minimum Gasteiger partial charge on any atom is -0.504 e. The molecule has 0 unspecified atom stereocenters. The van der Waals surface area contributed by atoms with Gasteiger partial charge in [-0.25, -0.2) is 9.79 Å². The number of carbonyl (C=O) groups excluding carboxylic acids is 1. The van der Waals surface area contributed by atoms with Crippen molar-refractivity contribution in [1.82, 2.24) is 4.57 Å². The molecule has 0 fully saturated rings. The van der Waals surface area contributed by atoms with Crippen LogP contribution >= 0.6 is 11.3 Å². The second kappa shape index (κ2) is 11.6. The largest absolute Gasteiger partial charge is 0.504 e. The lowest BCUT2D eigenvalue weighted by Crippen LogP contribution is -2.40. The maximum Gasteiger partial charge on any atom is 0.338 e. The van der Waals surface area contributed by atoms with Crippen LogP contribution in [0.3, 0.4) is 0 Å². The zero-order chi connectivity index (χ0) is 28.3.